The topological polar surface area (TPSA) is 53.3 Å². The van der Waals surface area contributed by atoms with Crippen molar-refractivity contribution in [3.8, 4) is 6.07 Å². The molecule has 1 rings (SSSR count). The van der Waals surface area contributed by atoms with Crippen molar-refractivity contribution >= 4 is 5.91 Å². The third-order valence-corrected chi connectivity index (χ3v) is 3.10. The molecule has 0 aliphatic carbocycles. The van der Waals surface area contributed by atoms with Crippen molar-refractivity contribution in [3.63, 3.8) is 0 Å². The summed E-state index contributed by atoms with van der Waals surface area (Å²) in [6, 6.07) is 1.96. The number of methoxy groups -OCH3 is 1. The second-order valence-electron chi connectivity index (χ2n) is 4.87. The summed E-state index contributed by atoms with van der Waals surface area (Å²) in [4.78, 5) is 13.7. The molecule has 0 aromatic heterocycles. The highest BCUT2D eigenvalue weighted by Crippen LogP contribution is 2.21. The molecule has 1 unspecified atom stereocenters. The third-order valence-electron chi connectivity index (χ3n) is 3.10. The van der Waals surface area contributed by atoms with Crippen molar-refractivity contribution in [2.45, 2.75) is 51.2 Å². The molecule has 4 heteroatoms. The van der Waals surface area contributed by atoms with E-state index in [0.717, 1.165) is 19.3 Å². The van der Waals surface area contributed by atoms with Crippen LogP contribution in [0, 0.1) is 11.3 Å². The lowest BCUT2D eigenvalue weighted by atomic mass is 9.99. The molecule has 1 aliphatic rings. The lowest BCUT2D eigenvalue weighted by Crippen LogP contribution is -2.45. The summed E-state index contributed by atoms with van der Waals surface area (Å²) in [7, 11) is 1.60. The summed E-state index contributed by atoms with van der Waals surface area (Å²) >= 11 is 0. The van der Waals surface area contributed by atoms with Gasteiger partial charge in [0.2, 0.25) is 5.91 Å². The van der Waals surface area contributed by atoms with Gasteiger partial charge in [-0.2, -0.15) is 5.26 Å². The van der Waals surface area contributed by atoms with Crippen LogP contribution < -0.4 is 0 Å². The molecule has 1 heterocycles. The van der Waals surface area contributed by atoms with E-state index < -0.39 is 5.60 Å². The largest absolute Gasteiger partial charge is 0.378 e. The van der Waals surface area contributed by atoms with Crippen LogP contribution in [0.15, 0.2) is 0 Å². The fourth-order valence-electron chi connectivity index (χ4n) is 1.90. The number of hydrogen-bond donors (Lipinski definition) is 0. The van der Waals surface area contributed by atoms with Gasteiger partial charge < -0.3 is 9.64 Å². The fraction of sp³-hybridized carbons (Fsp3) is 0.833. The fourth-order valence-corrected chi connectivity index (χ4v) is 1.90. The molecule has 4 nitrogen and oxygen atoms in total. The van der Waals surface area contributed by atoms with Gasteiger partial charge in [-0.1, -0.05) is 0 Å². The predicted molar refractivity (Wildman–Crippen MR) is 60.7 cm³/mol. The Balaban J connectivity index is 2.62. The summed E-state index contributed by atoms with van der Waals surface area (Å²) in [5.74, 6) is 0.0260. The van der Waals surface area contributed by atoms with E-state index in [4.69, 9.17) is 10.00 Å². The Morgan fingerprint density at radius 1 is 1.56 bits per heavy atom. The first-order valence-electron chi connectivity index (χ1n) is 5.74. The van der Waals surface area contributed by atoms with Crippen molar-refractivity contribution in [1.82, 2.24) is 4.90 Å². The summed E-state index contributed by atoms with van der Waals surface area (Å²) in [6.07, 6.45) is 3.17. The Morgan fingerprint density at radius 3 is 2.81 bits per heavy atom. The highest BCUT2D eigenvalue weighted by molar-refractivity contribution is 5.78. The van der Waals surface area contributed by atoms with E-state index in [1.54, 1.807) is 12.0 Å². The van der Waals surface area contributed by atoms with E-state index in [1.807, 2.05) is 13.8 Å². The van der Waals surface area contributed by atoms with E-state index >= 15 is 0 Å². The first-order valence-corrected chi connectivity index (χ1v) is 5.74. The van der Waals surface area contributed by atoms with E-state index in [9.17, 15) is 4.79 Å². The molecule has 0 radical (unpaired) electrons. The minimum atomic E-state index is -0.450. The molecular formula is C12H20N2O2. The van der Waals surface area contributed by atoms with Crippen LogP contribution in [0.1, 0.15) is 39.5 Å². The van der Waals surface area contributed by atoms with Gasteiger partial charge in [-0.3, -0.25) is 4.79 Å². The number of nitriles is 1. The average Bonchev–Trinajstić information content (AvgIpc) is 2.28. The van der Waals surface area contributed by atoms with Crippen LogP contribution in [-0.2, 0) is 9.53 Å². The molecule has 0 aromatic rings. The molecule has 0 saturated carbocycles. The van der Waals surface area contributed by atoms with Crippen LogP contribution in [0.4, 0.5) is 0 Å². The Labute approximate surface area is 97.2 Å². The number of hydrogen-bond acceptors (Lipinski definition) is 3. The van der Waals surface area contributed by atoms with Gasteiger partial charge in [0.05, 0.1) is 18.1 Å². The van der Waals surface area contributed by atoms with Gasteiger partial charge in [0, 0.05) is 13.7 Å². The number of carbonyl (C=O) groups excluding carboxylic acids is 1. The maximum atomic E-state index is 12.0. The Kier molecular flexibility index (Phi) is 4.31. The van der Waals surface area contributed by atoms with Gasteiger partial charge in [-0.15, -0.1) is 0 Å². The average molecular weight is 224 g/mol. The lowest BCUT2D eigenvalue weighted by molar-refractivity contribution is -0.138. The molecule has 0 spiro atoms. The van der Waals surface area contributed by atoms with Crippen LogP contribution in [0.25, 0.3) is 0 Å². The zero-order chi connectivity index (χ0) is 12.2. The van der Waals surface area contributed by atoms with Gasteiger partial charge in [0.1, 0.15) is 6.04 Å². The number of amides is 1. The Morgan fingerprint density at radius 2 is 2.25 bits per heavy atom. The Hall–Kier alpha value is -1.08. The van der Waals surface area contributed by atoms with Crippen molar-refractivity contribution in [1.29, 1.82) is 5.26 Å². The van der Waals surface area contributed by atoms with Crippen molar-refractivity contribution in [2.24, 2.45) is 0 Å². The smallest absolute Gasteiger partial charge is 0.226 e. The van der Waals surface area contributed by atoms with Gasteiger partial charge in [0.15, 0.2) is 0 Å². The SMILES string of the molecule is COC(C)(C)CC(=O)N1CCCCC1C#N. The van der Waals surface area contributed by atoms with Gasteiger partial charge in [-0.05, 0) is 33.1 Å². The normalized spacial score (nSPS) is 21.6. The Bertz CT molecular complexity index is 294. The monoisotopic (exact) mass is 224 g/mol. The van der Waals surface area contributed by atoms with Crippen molar-refractivity contribution < 1.29 is 9.53 Å². The molecule has 90 valence electrons. The number of likely N-dealkylation sites (tertiary alicyclic amines) is 1. The van der Waals surface area contributed by atoms with E-state index in [2.05, 4.69) is 6.07 Å². The minimum absolute atomic E-state index is 0.0260. The minimum Gasteiger partial charge on any atom is -0.378 e. The number of rotatable bonds is 3. The summed E-state index contributed by atoms with van der Waals surface area (Å²) in [6.45, 7) is 4.48. The second-order valence-corrected chi connectivity index (χ2v) is 4.87. The summed E-state index contributed by atoms with van der Waals surface area (Å²) in [5.41, 5.74) is -0.450. The second kappa shape index (κ2) is 5.31. The highest BCUT2D eigenvalue weighted by Gasteiger charge is 2.30. The van der Waals surface area contributed by atoms with E-state index in [-0.39, 0.29) is 11.9 Å². The molecule has 0 bridgehead atoms. The highest BCUT2D eigenvalue weighted by atomic mass is 16.5. The maximum Gasteiger partial charge on any atom is 0.226 e. The molecule has 1 saturated heterocycles. The molecule has 0 aromatic carbocycles. The number of ether oxygens (including phenoxy) is 1. The molecule has 1 amide bonds. The van der Waals surface area contributed by atoms with Crippen LogP contribution in [-0.4, -0.2) is 36.1 Å². The molecule has 1 fully saturated rings. The van der Waals surface area contributed by atoms with Crippen molar-refractivity contribution in [3.05, 3.63) is 0 Å². The third kappa shape index (κ3) is 3.21. The predicted octanol–water partition coefficient (Wildman–Crippen LogP) is 1.71. The number of nitrogens with zero attached hydrogens (tertiary/aromatic N) is 2. The van der Waals surface area contributed by atoms with Gasteiger partial charge >= 0.3 is 0 Å². The molecular weight excluding hydrogens is 204 g/mol. The van der Waals surface area contributed by atoms with E-state index in [0.29, 0.717) is 13.0 Å². The number of carbonyl (C=O) groups is 1. The zero-order valence-corrected chi connectivity index (χ0v) is 10.3. The quantitative estimate of drug-likeness (QED) is 0.733. The maximum absolute atomic E-state index is 12.0. The van der Waals surface area contributed by atoms with Crippen LogP contribution >= 0.6 is 0 Å². The number of piperidine rings is 1. The molecule has 1 aliphatic heterocycles. The molecule has 16 heavy (non-hydrogen) atoms. The molecule has 0 N–H and O–H groups in total. The van der Waals surface area contributed by atoms with Crippen LogP contribution in [0.2, 0.25) is 0 Å². The molecule has 1 atom stereocenters. The lowest BCUT2D eigenvalue weighted by Gasteiger charge is -2.34. The van der Waals surface area contributed by atoms with Gasteiger partial charge in [-0.25, -0.2) is 0 Å². The van der Waals surface area contributed by atoms with Crippen molar-refractivity contribution in [2.75, 3.05) is 13.7 Å². The van der Waals surface area contributed by atoms with Crippen LogP contribution in [0.5, 0.6) is 0 Å². The first kappa shape index (κ1) is 13.0. The summed E-state index contributed by atoms with van der Waals surface area (Å²) in [5, 5.41) is 8.99. The standard InChI is InChI=1S/C12H20N2O2/c1-12(2,16-3)8-11(15)14-7-5-4-6-10(14)9-13/h10H,4-8H2,1-3H3. The van der Waals surface area contributed by atoms with Gasteiger partial charge in [0.25, 0.3) is 0 Å². The zero-order valence-electron chi connectivity index (χ0n) is 10.3. The van der Waals surface area contributed by atoms with Crippen LogP contribution in [0.3, 0.4) is 0 Å². The first-order chi connectivity index (χ1) is 7.50. The summed E-state index contributed by atoms with van der Waals surface area (Å²) < 4.78 is 5.24. The van der Waals surface area contributed by atoms with E-state index in [1.165, 1.54) is 0 Å².